The van der Waals surface area contributed by atoms with Gasteiger partial charge in [0.1, 0.15) is 11.5 Å². The van der Waals surface area contributed by atoms with E-state index in [0.29, 0.717) is 48.1 Å². The molecule has 2 aliphatic rings. The van der Waals surface area contributed by atoms with Gasteiger partial charge >= 0.3 is 0 Å². The Kier molecular flexibility index (Phi) is 8.26. The second-order valence-corrected chi connectivity index (χ2v) is 12.2. The largest absolute Gasteiger partial charge is 0.373 e. The average molecular weight is 561 g/mol. The number of nitrogens with zero attached hydrogens (tertiary/aromatic N) is 1. The lowest BCUT2D eigenvalue weighted by Crippen LogP contribution is -2.44. The number of carbonyl (C=O) groups excluding carboxylic acids is 1. The molecule has 1 saturated heterocycles. The average Bonchev–Trinajstić information content (AvgIpc) is 3.62. The van der Waals surface area contributed by atoms with Crippen LogP contribution in [0.3, 0.4) is 0 Å². The molecule has 1 aliphatic carbocycles. The number of benzene rings is 2. The van der Waals surface area contributed by atoms with Gasteiger partial charge in [0, 0.05) is 19.6 Å². The summed E-state index contributed by atoms with van der Waals surface area (Å²) >= 11 is 12.1. The number of piperidine rings is 1. The van der Waals surface area contributed by atoms with Gasteiger partial charge < -0.3 is 4.74 Å². The molecule has 4 rings (SSSR count). The van der Waals surface area contributed by atoms with Gasteiger partial charge in [0.05, 0.1) is 35.1 Å². The van der Waals surface area contributed by atoms with Crippen LogP contribution in [0.1, 0.15) is 58.6 Å². The Hall–Kier alpha value is -1.78. The Balaban J connectivity index is 1.33. The predicted molar refractivity (Wildman–Crippen MR) is 135 cm³/mol. The van der Waals surface area contributed by atoms with Crippen molar-refractivity contribution in [3.63, 3.8) is 0 Å². The van der Waals surface area contributed by atoms with Crippen LogP contribution in [0.2, 0.25) is 10.0 Å². The van der Waals surface area contributed by atoms with Gasteiger partial charge in [-0.05, 0) is 72.6 Å². The second kappa shape index (κ2) is 10.9. The number of amides is 1. The fourth-order valence-electron chi connectivity index (χ4n) is 4.42. The maximum absolute atomic E-state index is 15.4. The minimum absolute atomic E-state index is 0.00931. The van der Waals surface area contributed by atoms with Gasteiger partial charge in [0.2, 0.25) is 10.0 Å². The Morgan fingerprint density at radius 1 is 1.17 bits per heavy atom. The number of alkyl halides is 1. The summed E-state index contributed by atoms with van der Waals surface area (Å²) in [5, 5.41) is 0.987. The zero-order valence-corrected chi connectivity index (χ0v) is 22.2. The number of carbonyl (C=O) groups is 1. The number of ether oxygens (including phenoxy) is 1. The van der Waals surface area contributed by atoms with Crippen LogP contribution in [0.4, 0.5) is 8.78 Å². The molecule has 1 aliphatic heterocycles. The van der Waals surface area contributed by atoms with E-state index in [2.05, 4.69) is 4.90 Å². The number of likely N-dealkylation sites (tertiary alicyclic amines) is 1. The number of hydrogen-bond donors (Lipinski definition) is 1. The van der Waals surface area contributed by atoms with Crippen LogP contribution in [0, 0.1) is 5.82 Å². The third-order valence-corrected chi connectivity index (χ3v) is 7.82. The van der Waals surface area contributed by atoms with Crippen LogP contribution in [0.25, 0.3) is 0 Å². The molecule has 2 aromatic carbocycles. The van der Waals surface area contributed by atoms with E-state index >= 15 is 4.39 Å². The van der Waals surface area contributed by atoms with Gasteiger partial charge in [-0.2, -0.15) is 0 Å². The van der Waals surface area contributed by atoms with Crippen molar-refractivity contribution < 1.29 is 26.7 Å². The van der Waals surface area contributed by atoms with Gasteiger partial charge in [0.25, 0.3) is 5.91 Å². The molecule has 2 aromatic rings. The number of hydrogen-bond acceptors (Lipinski definition) is 5. The Labute approximate surface area is 220 Å². The summed E-state index contributed by atoms with van der Waals surface area (Å²) < 4.78 is 60.3. The van der Waals surface area contributed by atoms with Crippen molar-refractivity contribution in [2.24, 2.45) is 0 Å². The number of halogens is 4. The van der Waals surface area contributed by atoms with Crippen LogP contribution in [-0.2, 0) is 27.9 Å². The smallest absolute Gasteiger partial charge is 0.267 e. The normalized spacial score (nSPS) is 18.2. The Bertz CT molecular complexity index is 1250. The number of rotatable bonds is 9. The highest BCUT2D eigenvalue weighted by Crippen LogP contribution is 2.43. The predicted octanol–water partition coefficient (Wildman–Crippen LogP) is 5.22. The van der Waals surface area contributed by atoms with Crippen molar-refractivity contribution >= 4 is 39.1 Å². The fraction of sp³-hybridized carbons (Fsp3) is 0.480. The molecule has 6 nitrogen and oxygen atoms in total. The van der Waals surface area contributed by atoms with Crippen LogP contribution in [-0.4, -0.2) is 50.8 Å². The van der Waals surface area contributed by atoms with Crippen molar-refractivity contribution in [3.8, 4) is 0 Å². The molecule has 1 amide bonds. The monoisotopic (exact) mass is 560 g/mol. The van der Waals surface area contributed by atoms with Crippen LogP contribution < -0.4 is 4.72 Å². The molecule has 196 valence electrons. The first-order chi connectivity index (χ1) is 16.9. The molecule has 36 heavy (non-hydrogen) atoms. The number of nitrogens with one attached hydrogen (secondary N) is 1. The molecule has 0 spiro atoms. The minimum Gasteiger partial charge on any atom is -0.373 e. The zero-order chi connectivity index (χ0) is 26.1. The summed E-state index contributed by atoms with van der Waals surface area (Å²) in [5.41, 5.74) is 0.477. The standard InChI is InChI=1S/C25H28Cl2F2N2O4S/c1-36(33,34)30-24(32)20-12-19(17-3-4-17)18(11-23(20)28)14-35-15-25(29)6-8-31(9-7-25)13-16-2-5-21(26)22(27)10-16/h2,5,10-12,17H,3-4,6-9,13-15H2,1H3,(H,30,32). The highest BCUT2D eigenvalue weighted by Gasteiger charge is 2.35. The van der Waals surface area contributed by atoms with Crippen molar-refractivity contribution in [2.45, 2.75) is 50.4 Å². The van der Waals surface area contributed by atoms with Crippen molar-refractivity contribution in [1.29, 1.82) is 0 Å². The molecule has 0 aromatic heterocycles. The zero-order valence-electron chi connectivity index (χ0n) is 19.8. The lowest BCUT2D eigenvalue weighted by molar-refractivity contribution is -0.0321. The Morgan fingerprint density at radius 2 is 1.86 bits per heavy atom. The molecule has 0 bridgehead atoms. The molecule has 1 saturated carbocycles. The lowest BCUT2D eigenvalue weighted by atomic mass is 9.94. The molecule has 0 atom stereocenters. The molecular weight excluding hydrogens is 533 g/mol. The van der Waals surface area contributed by atoms with Crippen molar-refractivity contribution in [3.05, 3.63) is 68.4 Å². The van der Waals surface area contributed by atoms with Crippen LogP contribution in [0.5, 0.6) is 0 Å². The SMILES string of the molecule is CS(=O)(=O)NC(=O)c1cc(C2CC2)c(COCC2(F)CCN(Cc3ccc(Cl)c(Cl)c3)CC2)cc1F. The summed E-state index contributed by atoms with van der Waals surface area (Å²) in [4.78, 5) is 14.3. The molecule has 2 fully saturated rings. The van der Waals surface area contributed by atoms with E-state index in [1.165, 1.54) is 12.1 Å². The lowest BCUT2D eigenvalue weighted by Gasteiger charge is -2.36. The van der Waals surface area contributed by atoms with E-state index in [1.807, 2.05) is 12.1 Å². The first-order valence-electron chi connectivity index (χ1n) is 11.7. The summed E-state index contributed by atoms with van der Waals surface area (Å²) in [5.74, 6) is -1.71. The first-order valence-corrected chi connectivity index (χ1v) is 14.3. The van der Waals surface area contributed by atoms with Crippen LogP contribution in [0.15, 0.2) is 30.3 Å². The highest BCUT2D eigenvalue weighted by molar-refractivity contribution is 7.89. The summed E-state index contributed by atoms with van der Waals surface area (Å²) in [6.45, 7) is 1.67. The summed E-state index contributed by atoms with van der Waals surface area (Å²) in [6.07, 6.45) is 3.21. The van der Waals surface area contributed by atoms with E-state index in [-0.39, 0.29) is 24.7 Å². The minimum atomic E-state index is -3.82. The van der Waals surface area contributed by atoms with E-state index in [0.717, 1.165) is 30.2 Å². The molecule has 0 unspecified atom stereocenters. The van der Waals surface area contributed by atoms with Gasteiger partial charge in [-0.25, -0.2) is 21.9 Å². The number of sulfonamides is 1. The fourth-order valence-corrected chi connectivity index (χ4v) is 5.19. The second-order valence-electron chi connectivity index (χ2n) is 9.68. The van der Waals surface area contributed by atoms with E-state index in [1.54, 1.807) is 10.8 Å². The topological polar surface area (TPSA) is 75.7 Å². The maximum atomic E-state index is 15.4. The molecule has 0 radical (unpaired) electrons. The van der Waals surface area contributed by atoms with E-state index in [9.17, 15) is 17.6 Å². The third kappa shape index (κ3) is 7.16. The van der Waals surface area contributed by atoms with Gasteiger partial charge in [0.15, 0.2) is 0 Å². The van der Waals surface area contributed by atoms with E-state index < -0.39 is 27.4 Å². The highest BCUT2D eigenvalue weighted by atomic mass is 35.5. The maximum Gasteiger partial charge on any atom is 0.267 e. The van der Waals surface area contributed by atoms with Crippen molar-refractivity contribution in [2.75, 3.05) is 26.0 Å². The summed E-state index contributed by atoms with van der Waals surface area (Å²) in [6, 6.07) is 8.05. The molecule has 11 heteroatoms. The molecular formula is C25H28Cl2F2N2O4S. The van der Waals surface area contributed by atoms with E-state index in [4.69, 9.17) is 27.9 Å². The quantitative estimate of drug-likeness (QED) is 0.455. The van der Waals surface area contributed by atoms with Crippen LogP contribution >= 0.6 is 23.2 Å². The molecule has 1 N–H and O–H groups in total. The summed E-state index contributed by atoms with van der Waals surface area (Å²) in [7, 11) is -3.82. The Morgan fingerprint density at radius 3 is 2.47 bits per heavy atom. The van der Waals surface area contributed by atoms with Gasteiger partial charge in [-0.3, -0.25) is 9.69 Å². The first kappa shape index (κ1) is 27.3. The third-order valence-electron chi connectivity index (χ3n) is 6.53. The van der Waals surface area contributed by atoms with Gasteiger partial charge in [-0.15, -0.1) is 0 Å². The molecule has 1 heterocycles. The van der Waals surface area contributed by atoms with Gasteiger partial charge in [-0.1, -0.05) is 29.3 Å². The van der Waals surface area contributed by atoms with Crippen molar-refractivity contribution in [1.82, 2.24) is 9.62 Å².